The van der Waals surface area contributed by atoms with E-state index in [9.17, 15) is 4.79 Å². The standard InChI is InChI=1S/C14H21NO2S/c1-10-7-8-18-14(10)11(2)15(9-13(16)17)12-5-3-4-6-12/h7-8,11-12H,3-6,9H2,1-2H3,(H,16,17). The van der Waals surface area contributed by atoms with Crippen molar-refractivity contribution in [3.63, 3.8) is 0 Å². The van der Waals surface area contributed by atoms with E-state index in [1.807, 2.05) is 0 Å². The second-order valence-corrected chi connectivity index (χ2v) is 6.10. The van der Waals surface area contributed by atoms with Gasteiger partial charge in [-0.2, -0.15) is 0 Å². The van der Waals surface area contributed by atoms with E-state index in [1.165, 1.54) is 23.3 Å². The lowest BCUT2D eigenvalue weighted by molar-refractivity contribution is -0.139. The van der Waals surface area contributed by atoms with E-state index in [4.69, 9.17) is 5.11 Å². The first-order valence-corrected chi connectivity index (χ1v) is 7.49. The van der Waals surface area contributed by atoms with Crippen LogP contribution in [0.15, 0.2) is 11.4 Å². The van der Waals surface area contributed by atoms with E-state index >= 15 is 0 Å². The SMILES string of the molecule is Cc1ccsc1C(C)N(CC(=O)O)C1CCCC1. The lowest BCUT2D eigenvalue weighted by Crippen LogP contribution is -2.39. The fraction of sp³-hybridized carbons (Fsp3) is 0.643. The van der Waals surface area contributed by atoms with Crippen molar-refractivity contribution in [2.75, 3.05) is 6.54 Å². The minimum atomic E-state index is -0.719. The Labute approximate surface area is 112 Å². The summed E-state index contributed by atoms with van der Waals surface area (Å²) in [5.74, 6) is -0.719. The van der Waals surface area contributed by atoms with Crippen molar-refractivity contribution in [2.45, 2.75) is 51.6 Å². The third-order valence-corrected chi connectivity index (χ3v) is 5.08. The van der Waals surface area contributed by atoms with Gasteiger partial charge >= 0.3 is 5.97 Å². The summed E-state index contributed by atoms with van der Waals surface area (Å²) in [6.45, 7) is 4.40. The van der Waals surface area contributed by atoms with Gasteiger partial charge in [-0.25, -0.2) is 0 Å². The van der Waals surface area contributed by atoms with Gasteiger partial charge in [-0.05, 0) is 43.7 Å². The van der Waals surface area contributed by atoms with Crippen molar-refractivity contribution in [3.05, 3.63) is 21.9 Å². The number of nitrogens with zero attached hydrogens (tertiary/aromatic N) is 1. The highest BCUT2D eigenvalue weighted by atomic mass is 32.1. The minimum Gasteiger partial charge on any atom is -0.480 e. The van der Waals surface area contributed by atoms with Gasteiger partial charge in [-0.3, -0.25) is 9.69 Å². The predicted molar refractivity (Wildman–Crippen MR) is 74.1 cm³/mol. The van der Waals surface area contributed by atoms with Gasteiger partial charge in [0.1, 0.15) is 0 Å². The number of carbonyl (C=O) groups is 1. The number of carboxylic acids is 1. The number of rotatable bonds is 5. The molecule has 0 saturated heterocycles. The molecule has 1 aromatic rings. The van der Waals surface area contributed by atoms with Gasteiger partial charge in [0.25, 0.3) is 0 Å². The van der Waals surface area contributed by atoms with Crippen molar-refractivity contribution in [1.29, 1.82) is 0 Å². The highest BCUT2D eigenvalue weighted by Gasteiger charge is 2.29. The van der Waals surface area contributed by atoms with Crippen molar-refractivity contribution in [3.8, 4) is 0 Å². The van der Waals surface area contributed by atoms with Crippen LogP contribution in [0, 0.1) is 6.92 Å². The molecule has 0 amide bonds. The Morgan fingerprint density at radius 3 is 2.72 bits per heavy atom. The average molecular weight is 267 g/mol. The van der Waals surface area contributed by atoms with Gasteiger partial charge in [0.15, 0.2) is 0 Å². The quantitative estimate of drug-likeness (QED) is 0.888. The van der Waals surface area contributed by atoms with Crippen LogP contribution in [0.3, 0.4) is 0 Å². The largest absolute Gasteiger partial charge is 0.480 e. The molecule has 1 unspecified atom stereocenters. The fourth-order valence-electron chi connectivity index (χ4n) is 2.94. The lowest BCUT2D eigenvalue weighted by atomic mass is 10.1. The molecule has 100 valence electrons. The van der Waals surface area contributed by atoms with Crippen molar-refractivity contribution < 1.29 is 9.90 Å². The normalized spacial score (nSPS) is 18.4. The zero-order chi connectivity index (χ0) is 13.1. The van der Waals surface area contributed by atoms with Crippen molar-refractivity contribution >= 4 is 17.3 Å². The third-order valence-electron chi connectivity index (χ3n) is 3.89. The molecule has 1 atom stereocenters. The molecule has 0 radical (unpaired) electrons. The molecule has 0 bridgehead atoms. The fourth-order valence-corrected chi connectivity index (χ4v) is 3.94. The van der Waals surface area contributed by atoms with Crippen LogP contribution in [0.1, 0.15) is 49.1 Å². The Bertz CT molecular complexity index is 410. The molecule has 0 aliphatic heterocycles. The summed E-state index contributed by atoms with van der Waals surface area (Å²) < 4.78 is 0. The Balaban J connectivity index is 2.17. The van der Waals surface area contributed by atoms with Crippen molar-refractivity contribution in [1.82, 2.24) is 4.90 Å². The molecule has 0 aromatic carbocycles. The Hall–Kier alpha value is -0.870. The summed E-state index contributed by atoms with van der Waals surface area (Å²) in [6.07, 6.45) is 4.75. The van der Waals surface area contributed by atoms with Gasteiger partial charge in [0.2, 0.25) is 0 Å². The molecule has 1 aliphatic carbocycles. The summed E-state index contributed by atoms with van der Waals surface area (Å²) >= 11 is 1.74. The first kappa shape index (κ1) is 13.6. The summed E-state index contributed by atoms with van der Waals surface area (Å²) in [5.41, 5.74) is 1.28. The van der Waals surface area contributed by atoms with E-state index in [2.05, 4.69) is 30.2 Å². The van der Waals surface area contributed by atoms with Crippen LogP contribution in [0.4, 0.5) is 0 Å². The second-order valence-electron chi connectivity index (χ2n) is 5.15. The van der Waals surface area contributed by atoms with Gasteiger partial charge in [0.05, 0.1) is 6.54 Å². The molecule has 1 fully saturated rings. The van der Waals surface area contributed by atoms with Gasteiger partial charge in [-0.1, -0.05) is 12.8 Å². The van der Waals surface area contributed by atoms with Crippen LogP contribution < -0.4 is 0 Å². The summed E-state index contributed by atoms with van der Waals surface area (Å²) in [7, 11) is 0. The molecule has 1 N–H and O–H groups in total. The summed E-state index contributed by atoms with van der Waals surface area (Å²) in [5, 5.41) is 11.2. The van der Waals surface area contributed by atoms with Gasteiger partial charge in [-0.15, -0.1) is 11.3 Å². The van der Waals surface area contributed by atoms with Gasteiger partial charge in [0, 0.05) is 17.0 Å². The van der Waals surface area contributed by atoms with E-state index in [0.717, 1.165) is 12.8 Å². The second kappa shape index (κ2) is 5.85. The van der Waals surface area contributed by atoms with E-state index in [0.29, 0.717) is 6.04 Å². The number of hydrogen-bond acceptors (Lipinski definition) is 3. The highest BCUT2D eigenvalue weighted by Crippen LogP contribution is 2.34. The third kappa shape index (κ3) is 2.93. The Morgan fingerprint density at radius 1 is 1.56 bits per heavy atom. The molecule has 3 nitrogen and oxygen atoms in total. The summed E-state index contributed by atoms with van der Waals surface area (Å²) in [6, 6.07) is 2.77. The molecule has 1 heterocycles. The highest BCUT2D eigenvalue weighted by molar-refractivity contribution is 7.10. The number of aliphatic carboxylic acids is 1. The molecule has 4 heteroatoms. The maximum atomic E-state index is 11.1. The Kier molecular flexibility index (Phi) is 4.40. The number of thiophene rings is 1. The number of carboxylic acid groups (broad SMARTS) is 1. The molecular weight excluding hydrogens is 246 g/mol. The van der Waals surface area contributed by atoms with Crippen LogP contribution in [0.25, 0.3) is 0 Å². The molecule has 18 heavy (non-hydrogen) atoms. The molecule has 0 spiro atoms. The lowest BCUT2D eigenvalue weighted by Gasteiger charge is -2.33. The zero-order valence-corrected chi connectivity index (χ0v) is 11.9. The first-order chi connectivity index (χ1) is 8.59. The smallest absolute Gasteiger partial charge is 0.317 e. The van der Waals surface area contributed by atoms with Crippen LogP contribution >= 0.6 is 11.3 Å². The maximum absolute atomic E-state index is 11.1. The van der Waals surface area contributed by atoms with Crippen LogP contribution in [0.5, 0.6) is 0 Å². The van der Waals surface area contributed by atoms with Crippen molar-refractivity contribution in [2.24, 2.45) is 0 Å². The first-order valence-electron chi connectivity index (χ1n) is 6.61. The topological polar surface area (TPSA) is 40.5 Å². The monoisotopic (exact) mass is 267 g/mol. The molecule has 2 rings (SSSR count). The molecule has 1 saturated carbocycles. The van der Waals surface area contributed by atoms with Crippen LogP contribution in [-0.4, -0.2) is 28.6 Å². The van der Waals surface area contributed by atoms with Crippen LogP contribution in [0.2, 0.25) is 0 Å². The molecule has 1 aliphatic rings. The summed E-state index contributed by atoms with van der Waals surface area (Å²) in [4.78, 5) is 14.6. The molecule has 1 aromatic heterocycles. The van der Waals surface area contributed by atoms with E-state index < -0.39 is 5.97 Å². The zero-order valence-electron chi connectivity index (χ0n) is 11.1. The average Bonchev–Trinajstić information content (AvgIpc) is 2.95. The number of aryl methyl sites for hydroxylation is 1. The number of hydrogen-bond donors (Lipinski definition) is 1. The minimum absolute atomic E-state index is 0.156. The van der Waals surface area contributed by atoms with Crippen LogP contribution in [-0.2, 0) is 4.79 Å². The predicted octanol–water partition coefficient (Wildman–Crippen LogP) is 3.45. The van der Waals surface area contributed by atoms with Gasteiger partial charge < -0.3 is 5.11 Å². The Morgan fingerprint density at radius 2 is 2.22 bits per heavy atom. The van der Waals surface area contributed by atoms with E-state index in [-0.39, 0.29) is 12.6 Å². The van der Waals surface area contributed by atoms with E-state index in [1.54, 1.807) is 11.3 Å². The molecular formula is C14H21NO2S. The maximum Gasteiger partial charge on any atom is 0.317 e.